The predicted octanol–water partition coefficient (Wildman–Crippen LogP) is 5.30. The maximum Gasteiger partial charge on any atom is 0.159 e. The van der Waals surface area contributed by atoms with Crippen LogP contribution in [0.4, 0.5) is 8.78 Å². The highest BCUT2D eigenvalue weighted by Crippen LogP contribution is 2.63. The van der Waals surface area contributed by atoms with Gasteiger partial charge in [0, 0.05) is 11.8 Å². The molecule has 0 heterocycles. The molecule has 20 heavy (non-hydrogen) atoms. The zero-order valence-corrected chi connectivity index (χ0v) is 11.8. The first-order chi connectivity index (χ1) is 9.59. The van der Waals surface area contributed by atoms with Crippen LogP contribution >= 0.6 is 23.2 Å². The van der Waals surface area contributed by atoms with Crippen LogP contribution in [0.25, 0.3) is 0 Å². The molecular formula is C16H10Cl2F2. The largest absolute Gasteiger partial charge is 0.204 e. The van der Waals surface area contributed by atoms with E-state index in [2.05, 4.69) is 0 Å². The number of alkyl halides is 2. The predicted molar refractivity (Wildman–Crippen MR) is 75.3 cm³/mol. The molecule has 102 valence electrons. The average Bonchev–Trinajstić information content (AvgIpc) is 2.88. The molecule has 4 heteroatoms. The third-order valence-electron chi connectivity index (χ3n) is 4.45. The first kappa shape index (κ1) is 12.6. The fourth-order valence-electron chi connectivity index (χ4n) is 3.61. The summed E-state index contributed by atoms with van der Waals surface area (Å²) in [6.07, 6.45) is 0. The number of rotatable bonds is 0. The van der Waals surface area contributed by atoms with Crippen molar-refractivity contribution in [2.24, 2.45) is 5.92 Å². The molecule has 0 fully saturated rings. The molecule has 0 spiro atoms. The third kappa shape index (κ3) is 1.47. The van der Waals surface area contributed by atoms with E-state index in [-0.39, 0.29) is 22.6 Å². The second-order valence-electron chi connectivity index (χ2n) is 5.38. The van der Waals surface area contributed by atoms with Gasteiger partial charge in [0.15, 0.2) is 11.6 Å². The smallest absolute Gasteiger partial charge is 0.159 e. The van der Waals surface area contributed by atoms with Crippen molar-refractivity contribution in [3.05, 3.63) is 70.3 Å². The van der Waals surface area contributed by atoms with Gasteiger partial charge in [-0.15, -0.1) is 23.2 Å². The van der Waals surface area contributed by atoms with Gasteiger partial charge in [0.05, 0.1) is 10.8 Å². The van der Waals surface area contributed by atoms with Crippen LogP contribution in [0.15, 0.2) is 36.4 Å². The fourth-order valence-corrected chi connectivity index (χ4v) is 4.66. The topological polar surface area (TPSA) is 0 Å². The van der Waals surface area contributed by atoms with E-state index < -0.39 is 11.6 Å². The first-order valence-electron chi connectivity index (χ1n) is 6.45. The Morgan fingerprint density at radius 3 is 2.00 bits per heavy atom. The molecule has 0 radical (unpaired) electrons. The summed E-state index contributed by atoms with van der Waals surface area (Å²) in [4.78, 5) is 0. The summed E-state index contributed by atoms with van der Waals surface area (Å²) in [5.74, 6) is -1.77. The first-order valence-corrected chi connectivity index (χ1v) is 7.32. The summed E-state index contributed by atoms with van der Waals surface area (Å²) in [5.41, 5.74) is 3.56. The van der Waals surface area contributed by atoms with Crippen molar-refractivity contribution in [3.63, 3.8) is 0 Å². The highest BCUT2D eigenvalue weighted by atomic mass is 35.5. The van der Waals surface area contributed by atoms with Gasteiger partial charge in [-0.05, 0) is 34.4 Å². The molecule has 0 amide bonds. The Labute approximate surface area is 125 Å². The van der Waals surface area contributed by atoms with Crippen LogP contribution in [0.2, 0.25) is 0 Å². The maximum absolute atomic E-state index is 13.6. The third-order valence-corrected chi connectivity index (χ3v) is 5.50. The number of hydrogen-bond acceptors (Lipinski definition) is 0. The Morgan fingerprint density at radius 1 is 0.750 bits per heavy atom. The number of halogens is 4. The van der Waals surface area contributed by atoms with Gasteiger partial charge < -0.3 is 0 Å². The molecule has 0 aliphatic heterocycles. The molecule has 2 aromatic rings. The van der Waals surface area contributed by atoms with Crippen molar-refractivity contribution in [2.45, 2.75) is 16.7 Å². The minimum Gasteiger partial charge on any atom is -0.204 e. The SMILES string of the molecule is Fc1cc2c(cc1F)C1c3ccccc3C(Cl)C1C2Cl. The van der Waals surface area contributed by atoms with Crippen molar-refractivity contribution >= 4 is 23.2 Å². The van der Waals surface area contributed by atoms with Gasteiger partial charge in [-0.3, -0.25) is 0 Å². The summed E-state index contributed by atoms with van der Waals surface area (Å²) in [7, 11) is 0. The van der Waals surface area contributed by atoms with E-state index in [1.807, 2.05) is 24.3 Å². The molecular weight excluding hydrogens is 301 g/mol. The Hall–Kier alpha value is -1.12. The van der Waals surface area contributed by atoms with Gasteiger partial charge in [-0.2, -0.15) is 0 Å². The molecule has 0 saturated carbocycles. The van der Waals surface area contributed by atoms with E-state index in [0.717, 1.165) is 16.7 Å². The molecule has 4 rings (SSSR count). The Bertz CT molecular complexity index is 714. The second-order valence-corrected chi connectivity index (χ2v) is 6.32. The second kappa shape index (κ2) is 4.19. The molecule has 4 unspecified atom stereocenters. The van der Waals surface area contributed by atoms with E-state index in [9.17, 15) is 8.78 Å². The molecule has 0 nitrogen and oxygen atoms in total. The number of hydrogen-bond donors (Lipinski definition) is 0. The van der Waals surface area contributed by atoms with Gasteiger partial charge in [0.2, 0.25) is 0 Å². The molecule has 2 aliphatic carbocycles. The monoisotopic (exact) mass is 310 g/mol. The maximum atomic E-state index is 13.6. The average molecular weight is 311 g/mol. The van der Waals surface area contributed by atoms with Gasteiger partial charge >= 0.3 is 0 Å². The Balaban J connectivity index is 1.98. The Morgan fingerprint density at radius 2 is 1.30 bits per heavy atom. The van der Waals surface area contributed by atoms with E-state index in [4.69, 9.17) is 23.2 Å². The standard InChI is InChI=1S/C16H10Cl2F2/c17-15-8-4-2-1-3-7(8)13-9-5-11(19)12(20)6-10(9)16(18)14(13)15/h1-6,13-16H. The quantitative estimate of drug-likeness (QED) is 0.579. The molecule has 0 aromatic heterocycles. The lowest BCUT2D eigenvalue weighted by atomic mass is 9.92. The van der Waals surface area contributed by atoms with Crippen molar-refractivity contribution in [1.82, 2.24) is 0 Å². The summed E-state index contributed by atoms with van der Waals surface area (Å²) in [6.45, 7) is 0. The van der Waals surface area contributed by atoms with Crippen molar-refractivity contribution < 1.29 is 8.78 Å². The van der Waals surface area contributed by atoms with E-state index in [1.54, 1.807) is 0 Å². The lowest BCUT2D eigenvalue weighted by Crippen LogP contribution is -2.07. The molecule has 2 aromatic carbocycles. The zero-order chi connectivity index (χ0) is 14.0. The van der Waals surface area contributed by atoms with Crippen LogP contribution in [0.1, 0.15) is 38.9 Å². The molecule has 4 atom stereocenters. The normalized spacial score (nSPS) is 30.0. The lowest BCUT2D eigenvalue weighted by molar-refractivity contribution is 0.506. The minimum atomic E-state index is -0.853. The molecule has 0 bridgehead atoms. The van der Waals surface area contributed by atoms with Crippen LogP contribution in [-0.2, 0) is 0 Å². The highest BCUT2D eigenvalue weighted by Gasteiger charge is 2.50. The summed E-state index contributed by atoms with van der Waals surface area (Å²) < 4.78 is 27.0. The van der Waals surface area contributed by atoms with Crippen LogP contribution in [0, 0.1) is 17.6 Å². The number of fused-ring (bicyclic) bond motifs is 5. The minimum absolute atomic E-state index is 0.0405. The van der Waals surface area contributed by atoms with E-state index in [1.165, 1.54) is 12.1 Å². The molecule has 2 aliphatic rings. The lowest BCUT2D eigenvalue weighted by Gasteiger charge is -2.17. The van der Waals surface area contributed by atoms with Crippen molar-refractivity contribution in [1.29, 1.82) is 0 Å². The highest BCUT2D eigenvalue weighted by molar-refractivity contribution is 6.25. The summed E-state index contributed by atoms with van der Waals surface area (Å²) in [6, 6.07) is 10.3. The van der Waals surface area contributed by atoms with Crippen molar-refractivity contribution in [2.75, 3.05) is 0 Å². The van der Waals surface area contributed by atoms with Gasteiger partial charge in [-0.25, -0.2) is 8.78 Å². The molecule has 0 saturated heterocycles. The van der Waals surface area contributed by atoms with Gasteiger partial charge in [-0.1, -0.05) is 24.3 Å². The fraction of sp³-hybridized carbons (Fsp3) is 0.250. The van der Waals surface area contributed by atoms with Crippen LogP contribution in [0.3, 0.4) is 0 Å². The molecule has 0 N–H and O–H groups in total. The van der Waals surface area contributed by atoms with Crippen LogP contribution in [-0.4, -0.2) is 0 Å². The van der Waals surface area contributed by atoms with Gasteiger partial charge in [0.25, 0.3) is 0 Å². The van der Waals surface area contributed by atoms with Crippen molar-refractivity contribution in [3.8, 4) is 0 Å². The van der Waals surface area contributed by atoms with Crippen LogP contribution in [0.5, 0.6) is 0 Å². The van der Waals surface area contributed by atoms with E-state index >= 15 is 0 Å². The zero-order valence-electron chi connectivity index (χ0n) is 10.3. The summed E-state index contributed by atoms with van der Waals surface area (Å²) >= 11 is 13.0. The Kier molecular flexibility index (Phi) is 2.64. The van der Waals surface area contributed by atoms with E-state index in [0.29, 0.717) is 5.56 Å². The summed E-state index contributed by atoms with van der Waals surface area (Å²) in [5, 5.41) is -0.614. The van der Waals surface area contributed by atoms with Gasteiger partial charge in [0.1, 0.15) is 0 Å². The number of benzene rings is 2. The van der Waals surface area contributed by atoms with Crippen LogP contribution < -0.4 is 0 Å².